The van der Waals surface area contributed by atoms with Crippen molar-refractivity contribution >= 4 is 27.9 Å². The number of piperidine rings is 1. The Balaban J connectivity index is 2.23. The van der Waals surface area contributed by atoms with Gasteiger partial charge >= 0.3 is 0 Å². The van der Waals surface area contributed by atoms with Crippen LogP contribution in [0.3, 0.4) is 0 Å². The van der Waals surface area contributed by atoms with Crippen LogP contribution >= 0.6 is 15.9 Å². The molecule has 1 saturated heterocycles. The van der Waals surface area contributed by atoms with Gasteiger partial charge in [-0.05, 0) is 37.0 Å². The summed E-state index contributed by atoms with van der Waals surface area (Å²) >= 11 is 3.41. The van der Waals surface area contributed by atoms with Crippen LogP contribution in [-0.4, -0.2) is 19.4 Å². The normalized spacial score (nSPS) is 20.4. The molecule has 1 aromatic carbocycles. The number of hydrogen-bond acceptors (Lipinski definition) is 2. The average Bonchev–Trinajstić information content (AvgIpc) is 2.38. The Bertz CT molecular complexity index is 405. The molecule has 17 heavy (non-hydrogen) atoms. The largest absolute Gasteiger partial charge is 0.371 e. The molecule has 0 aromatic heterocycles. The summed E-state index contributed by atoms with van der Waals surface area (Å²) in [7, 11) is 0. The molecular weight excluding hydrogens is 278 g/mol. The maximum Gasteiger partial charge on any atom is 0.152 e. The van der Waals surface area contributed by atoms with Crippen molar-refractivity contribution < 1.29 is 4.79 Å². The smallest absolute Gasteiger partial charge is 0.152 e. The van der Waals surface area contributed by atoms with Gasteiger partial charge in [-0.3, -0.25) is 4.79 Å². The van der Waals surface area contributed by atoms with E-state index in [1.807, 2.05) is 18.2 Å². The molecule has 0 amide bonds. The zero-order valence-corrected chi connectivity index (χ0v) is 11.7. The first-order valence-corrected chi connectivity index (χ1v) is 7.03. The van der Waals surface area contributed by atoms with Crippen LogP contribution in [0.5, 0.6) is 0 Å². The van der Waals surface area contributed by atoms with Crippen molar-refractivity contribution in [2.75, 3.05) is 18.0 Å². The third-order valence-corrected chi connectivity index (χ3v) is 4.05. The fourth-order valence-electron chi connectivity index (χ4n) is 2.52. The van der Waals surface area contributed by atoms with Gasteiger partial charge < -0.3 is 4.90 Å². The summed E-state index contributed by atoms with van der Waals surface area (Å²) in [6.07, 6.45) is 4.73. The second-order valence-electron chi connectivity index (χ2n) is 4.68. The van der Waals surface area contributed by atoms with Gasteiger partial charge in [0.15, 0.2) is 6.29 Å². The van der Waals surface area contributed by atoms with Crippen molar-refractivity contribution in [2.45, 2.75) is 26.2 Å². The quantitative estimate of drug-likeness (QED) is 0.789. The first-order chi connectivity index (χ1) is 8.24. The van der Waals surface area contributed by atoms with Crippen molar-refractivity contribution in [3.8, 4) is 0 Å². The standard InChI is InChI=1S/C14H18BrNO/c1-2-11-4-3-7-16(9-11)14-6-5-13(15)8-12(14)10-17/h5-6,8,10-11H,2-4,7,9H2,1H3. The maximum absolute atomic E-state index is 11.1. The van der Waals surface area contributed by atoms with E-state index in [9.17, 15) is 4.79 Å². The first kappa shape index (κ1) is 12.6. The van der Waals surface area contributed by atoms with Crippen molar-refractivity contribution in [2.24, 2.45) is 5.92 Å². The molecule has 0 radical (unpaired) electrons. The molecule has 3 heteroatoms. The molecule has 0 aliphatic carbocycles. The summed E-state index contributed by atoms with van der Waals surface area (Å²) in [6.45, 7) is 4.40. The lowest BCUT2D eigenvalue weighted by molar-refractivity contribution is 0.112. The summed E-state index contributed by atoms with van der Waals surface area (Å²) in [5.41, 5.74) is 1.87. The van der Waals surface area contributed by atoms with Crippen molar-refractivity contribution in [1.82, 2.24) is 0 Å². The summed E-state index contributed by atoms with van der Waals surface area (Å²) in [4.78, 5) is 13.5. The highest BCUT2D eigenvalue weighted by Crippen LogP contribution is 2.28. The van der Waals surface area contributed by atoms with Crippen LogP contribution in [0.1, 0.15) is 36.5 Å². The Morgan fingerprint density at radius 3 is 3.06 bits per heavy atom. The van der Waals surface area contributed by atoms with Crippen LogP contribution in [0.2, 0.25) is 0 Å². The molecule has 0 bridgehead atoms. The van der Waals surface area contributed by atoms with E-state index in [0.717, 1.165) is 41.0 Å². The molecule has 92 valence electrons. The fourth-order valence-corrected chi connectivity index (χ4v) is 2.90. The van der Waals surface area contributed by atoms with E-state index in [1.54, 1.807) is 0 Å². The molecule has 1 aromatic rings. The van der Waals surface area contributed by atoms with Crippen LogP contribution < -0.4 is 4.90 Å². The molecule has 1 fully saturated rings. The van der Waals surface area contributed by atoms with Gasteiger partial charge in [-0.25, -0.2) is 0 Å². The Morgan fingerprint density at radius 1 is 1.53 bits per heavy atom. The minimum Gasteiger partial charge on any atom is -0.371 e. The number of aldehydes is 1. The van der Waals surface area contributed by atoms with Crippen LogP contribution in [-0.2, 0) is 0 Å². The highest BCUT2D eigenvalue weighted by molar-refractivity contribution is 9.10. The number of hydrogen-bond donors (Lipinski definition) is 0. The monoisotopic (exact) mass is 295 g/mol. The third kappa shape index (κ3) is 2.89. The number of carbonyl (C=O) groups excluding carboxylic acids is 1. The Hall–Kier alpha value is -0.830. The summed E-state index contributed by atoms with van der Waals surface area (Å²) < 4.78 is 0.965. The first-order valence-electron chi connectivity index (χ1n) is 6.24. The molecule has 0 saturated carbocycles. The highest BCUT2D eigenvalue weighted by atomic mass is 79.9. The molecule has 2 rings (SSSR count). The Kier molecular flexibility index (Phi) is 4.21. The number of nitrogens with zero attached hydrogens (tertiary/aromatic N) is 1. The van der Waals surface area contributed by atoms with E-state index in [0.29, 0.717) is 0 Å². The highest BCUT2D eigenvalue weighted by Gasteiger charge is 2.20. The van der Waals surface area contributed by atoms with Crippen LogP contribution in [0.15, 0.2) is 22.7 Å². The van der Waals surface area contributed by atoms with E-state index in [-0.39, 0.29) is 0 Å². The number of anilines is 1. The van der Waals surface area contributed by atoms with Crippen molar-refractivity contribution in [3.05, 3.63) is 28.2 Å². The second kappa shape index (κ2) is 5.67. The number of rotatable bonds is 3. The molecular formula is C14H18BrNO. The average molecular weight is 296 g/mol. The van der Waals surface area contributed by atoms with Gasteiger partial charge in [0.2, 0.25) is 0 Å². The minimum absolute atomic E-state index is 0.770. The predicted molar refractivity (Wildman–Crippen MR) is 74.8 cm³/mol. The molecule has 1 heterocycles. The summed E-state index contributed by atoms with van der Waals surface area (Å²) in [5, 5.41) is 0. The van der Waals surface area contributed by atoms with E-state index in [2.05, 4.69) is 27.8 Å². The van der Waals surface area contributed by atoms with E-state index >= 15 is 0 Å². The van der Waals surface area contributed by atoms with Crippen LogP contribution in [0.25, 0.3) is 0 Å². The lowest BCUT2D eigenvalue weighted by atomic mass is 9.95. The fraction of sp³-hybridized carbons (Fsp3) is 0.500. The van der Waals surface area contributed by atoms with Crippen LogP contribution in [0, 0.1) is 5.92 Å². The van der Waals surface area contributed by atoms with Gasteiger partial charge in [0, 0.05) is 28.8 Å². The number of halogens is 1. The third-order valence-electron chi connectivity index (χ3n) is 3.55. The van der Waals surface area contributed by atoms with Gasteiger partial charge in [-0.1, -0.05) is 29.3 Å². The van der Waals surface area contributed by atoms with Crippen LogP contribution in [0.4, 0.5) is 5.69 Å². The zero-order valence-electron chi connectivity index (χ0n) is 10.2. The predicted octanol–water partition coefficient (Wildman–Crippen LogP) is 3.89. The van der Waals surface area contributed by atoms with Gasteiger partial charge in [0.25, 0.3) is 0 Å². The molecule has 1 aliphatic heterocycles. The van der Waals surface area contributed by atoms with Gasteiger partial charge in [-0.15, -0.1) is 0 Å². The molecule has 1 unspecified atom stereocenters. The van der Waals surface area contributed by atoms with E-state index in [1.165, 1.54) is 19.3 Å². The van der Waals surface area contributed by atoms with E-state index < -0.39 is 0 Å². The van der Waals surface area contributed by atoms with Gasteiger partial charge in [0.05, 0.1) is 0 Å². The van der Waals surface area contributed by atoms with E-state index in [4.69, 9.17) is 0 Å². The molecule has 1 aliphatic rings. The Labute approximate surface area is 111 Å². The molecule has 2 nitrogen and oxygen atoms in total. The summed E-state index contributed by atoms with van der Waals surface area (Å²) in [5.74, 6) is 0.770. The minimum atomic E-state index is 0.770. The number of carbonyl (C=O) groups is 1. The maximum atomic E-state index is 11.1. The SMILES string of the molecule is CCC1CCCN(c2ccc(Br)cc2C=O)C1. The summed E-state index contributed by atoms with van der Waals surface area (Å²) in [6, 6.07) is 5.96. The van der Waals surface area contributed by atoms with Gasteiger partial charge in [-0.2, -0.15) is 0 Å². The zero-order chi connectivity index (χ0) is 12.3. The lowest BCUT2D eigenvalue weighted by Gasteiger charge is -2.34. The second-order valence-corrected chi connectivity index (χ2v) is 5.60. The molecule has 1 atom stereocenters. The number of benzene rings is 1. The molecule has 0 N–H and O–H groups in total. The molecule has 0 spiro atoms. The van der Waals surface area contributed by atoms with Crippen molar-refractivity contribution in [3.63, 3.8) is 0 Å². The van der Waals surface area contributed by atoms with Crippen molar-refractivity contribution in [1.29, 1.82) is 0 Å². The Morgan fingerprint density at radius 2 is 2.35 bits per heavy atom. The van der Waals surface area contributed by atoms with Gasteiger partial charge in [0.1, 0.15) is 0 Å². The lowest BCUT2D eigenvalue weighted by Crippen LogP contribution is -2.35. The topological polar surface area (TPSA) is 20.3 Å².